The van der Waals surface area contributed by atoms with E-state index in [9.17, 15) is 0 Å². The predicted octanol–water partition coefficient (Wildman–Crippen LogP) is 2.77. The molecule has 0 heterocycles. The Hall–Kier alpha value is -0.631. The predicted molar refractivity (Wildman–Crippen MR) is 74.2 cm³/mol. The van der Waals surface area contributed by atoms with E-state index in [1.165, 1.54) is 9.37 Å². The standard InChI is InChI=1S/C13H16OSSe/c1-3-14-10-9-12(15-2)11-16-13-7-5-4-6-8-13/h4-11H,3H2,1-2H3/b10-9+,12-11-. The summed E-state index contributed by atoms with van der Waals surface area (Å²) >= 11 is 2.15. The summed E-state index contributed by atoms with van der Waals surface area (Å²) in [5.41, 5.74) is 0. The van der Waals surface area contributed by atoms with Gasteiger partial charge >= 0.3 is 108 Å². The summed E-state index contributed by atoms with van der Waals surface area (Å²) in [4.78, 5) is 3.54. The Morgan fingerprint density at radius 3 is 2.75 bits per heavy atom. The van der Waals surface area contributed by atoms with Crippen molar-refractivity contribution in [3.8, 4) is 0 Å². The van der Waals surface area contributed by atoms with E-state index in [4.69, 9.17) is 4.74 Å². The second kappa shape index (κ2) is 8.51. The number of rotatable bonds is 6. The molecule has 0 aliphatic carbocycles. The van der Waals surface area contributed by atoms with Gasteiger partial charge in [-0.25, -0.2) is 0 Å². The van der Waals surface area contributed by atoms with Gasteiger partial charge < -0.3 is 0 Å². The normalized spacial score (nSPS) is 12.0. The van der Waals surface area contributed by atoms with Gasteiger partial charge in [-0.15, -0.1) is 0 Å². The quantitative estimate of drug-likeness (QED) is 0.454. The molecule has 0 N–H and O–H groups in total. The van der Waals surface area contributed by atoms with Crippen molar-refractivity contribution >= 4 is 31.2 Å². The van der Waals surface area contributed by atoms with Crippen molar-refractivity contribution in [1.82, 2.24) is 0 Å². The van der Waals surface area contributed by atoms with Gasteiger partial charge in [-0.05, 0) is 0 Å². The number of benzene rings is 1. The summed E-state index contributed by atoms with van der Waals surface area (Å²) in [5, 5.41) is 0. The van der Waals surface area contributed by atoms with Crippen LogP contribution in [0.25, 0.3) is 0 Å². The molecule has 0 radical (unpaired) electrons. The Morgan fingerprint density at radius 1 is 1.38 bits per heavy atom. The maximum atomic E-state index is 5.19. The van der Waals surface area contributed by atoms with Gasteiger partial charge in [0, 0.05) is 0 Å². The molecule has 0 unspecified atom stereocenters. The first kappa shape index (κ1) is 13.4. The molecule has 0 fully saturated rings. The molecule has 0 aliphatic rings. The van der Waals surface area contributed by atoms with E-state index >= 15 is 0 Å². The molecule has 0 amide bonds. The van der Waals surface area contributed by atoms with Crippen LogP contribution in [0.2, 0.25) is 0 Å². The molecular weight excluding hydrogens is 283 g/mol. The molecule has 0 bridgehead atoms. The molecule has 1 nitrogen and oxygen atoms in total. The van der Waals surface area contributed by atoms with Gasteiger partial charge in [-0.3, -0.25) is 0 Å². The van der Waals surface area contributed by atoms with Crippen molar-refractivity contribution in [3.05, 3.63) is 52.5 Å². The number of hydrogen-bond donors (Lipinski definition) is 0. The van der Waals surface area contributed by atoms with Crippen LogP contribution in [0, 0.1) is 0 Å². The topological polar surface area (TPSA) is 9.23 Å². The second-order valence-electron chi connectivity index (χ2n) is 2.91. The van der Waals surface area contributed by atoms with E-state index in [1.807, 2.05) is 19.1 Å². The molecule has 1 rings (SSSR count). The third kappa shape index (κ3) is 5.45. The maximum absolute atomic E-state index is 5.19. The third-order valence-electron chi connectivity index (χ3n) is 1.79. The molecule has 0 atom stereocenters. The number of ether oxygens (including phenoxy) is 1. The first-order chi connectivity index (χ1) is 7.86. The van der Waals surface area contributed by atoms with Crippen molar-refractivity contribution < 1.29 is 4.74 Å². The van der Waals surface area contributed by atoms with Gasteiger partial charge in [0.2, 0.25) is 0 Å². The van der Waals surface area contributed by atoms with Gasteiger partial charge in [0.1, 0.15) is 0 Å². The van der Waals surface area contributed by atoms with Crippen LogP contribution in [-0.4, -0.2) is 27.8 Å². The van der Waals surface area contributed by atoms with Crippen LogP contribution in [0.5, 0.6) is 0 Å². The number of hydrogen-bond acceptors (Lipinski definition) is 2. The van der Waals surface area contributed by atoms with Crippen LogP contribution in [0.15, 0.2) is 52.5 Å². The fourth-order valence-electron chi connectivity index (χ4n) is 0.992. The summed E-state index contributed by atoms with van der Waals surface area (Å²) < 4.78 is 6.58. The van der Waals surface area contributed by atoms with Crippen LogP contribution >= 0.6 is 11.8 Å². The SMILES string of the molecule is CCO/C=C/C(=C/[Se]c1ccccc1)SC. The average Bonchev–Trinajstić information content (AvgIpc) is 2.35. The molecule has 1 aromatic carbocycles. The molecule has 3 heteroatoms. The number of allylic oxidation sites excluding steroid dienone is 1. The minimum atomic E-state index is 0.399. The zero-order valence-electron chi connectivity index (χ0n) is 9.55. The van der Waals surface area contributed by atoms with Gasteiger partial charge in [-0.1, -0.05) is 0 Å². The zero-order valence-corrected chi connectivity index (χ0v) is 12.1. The summed E-state index contributed by atoms with van der Waals surface area (Å²) in [5.74, 6) is 0. The van der Waals surface area contributed by atoms with E-state index in [0.29, 0.717) is 15.0 Å². The van der Waals surface area contributed by atoms with E-state index in [1.54, 1.807) is 18.0 Å². The van der Waals surface area contributed by atoms with Gasteiger partial charge in [-0.2, -0.15) is 0 Å². The Morgan fingerprint density at radius 2 is 2.12 bits per heavy atom. The molecule has 0 aliphatic heterocycles. The molecule has 16 heavy (non-hydrogen) atoms. The van der Waals surface area contributed by atoms with Crippen molar-refractivity contribution in [1.29, 1.82) is 0 Å². The minimum absolute atomic E-state index is 0.399. The van der Waals surface area contributed by atoms with E-state index in [0.717, 1.165) is 6.61 Å². The van der Waals surface area contributed by atoms with Crippen LogP contribution in [0.1, 0.15) is 6.92 Å². The van der Waals surface area contributed by atoms with Gasteiger partial charge in [0.25, 0.3) is 0 Å². The third-order valence-corrected chi connectivity index (χ3v) is 4.77. The van der Waals surface area contributed by atoms with Crippen molar-refractivity contribution in [2.45, 2.75) is 6.92 Å². The summed E-state index contributed by atoms with van der Waals surface area (Å²) in [6.45, 7) is 2.71. The monoisotopic (exact) mass is 300 g/mol. The molecule has 1 aromatic rings. The Bertz CT molecular complexity index is 346. The van der Waals surface area contributed by atoms with Gasteiger partial charge in [0.05, 0.1) is 0 Å². The molecule has 86 valence electrons. The Kier molecular flexibility index (Phi) is 7.15. The van der Waals surface area contributed by atoms with Crippen LogP contribution in [0.4, 0.5) is 0 Å². The fourth-order valence-corrected chi connectivity index (χ4v) is 3.49. The molecule has 0 spiro atoms. The summed E-state index contributed by atoms with van der Waals surface area (Å²) in [7, 11) is 0. The van der Waals surface area contributed by atoms with Crippen molar-refractivity contribution in [3.63, 3.8) is 0 Å². The first-order valence-electron chi connectivity index (χ1n) is 5.11. The van der Waals surface area contributed by atoms with Crippen molar-refractivity contribution in [2.75, 3.05) is 12.9 Å². The summed E-state index contributed by atoms with van der Waals surface area (Å²) in [6.07, 6.45) is 5.88. The van der Waals surface area contributed by atoms with Crippen LogP contribution < -0.4 is 4.46 Å². The van der Waals surface area contributed by atoms with E-state index < -0.39 is 0 Å². The molecule has 0 saturated carbocycles. The Labute approximate surface area is 108 Å². The van der Waals surface area contributed by atoms with E-state index in [-0.39, 0.29) is 0 Å². The van der Waals surface area contributed by atoms with E-state index in [2.05, 4.69) is 35.5 Å². The number of thioether (sulfide) groups is 1. The van der Waals surface area contributed by atoms with Crippen LogP contribution in [0.3, 0.4) is 0 Å². The first-order valence-corrected chi connectivity index (χ1v) is 8.18. The zero-order chi connectivity index (χ0) is 11.6. The molecular formula is C13H16OSSe. The summed E-state index contributed by atoms with van der Waals surface area (Å²) in [6, 6.07) is 10.6. The van der Waals surface area contributed by atoms with Crippen molar-refractivity contribution in [2.24, 2.45) is 0 Å². The van der Waals surface area contributed by atoms with Crippen LogP contribution in [-0.2, 0) is 4.74 Å². The second-order valence-corrected chi connectivity index (χ2v) is 5.77. The fraction of sp³-hybridized carbons (Fsp3) is 0.231. The molecule has 0 saturated heterocycles. The Balaban J connectivity index is 2.53. The average molecular weight is 299 g/mol. The molecule has 0 aromatic heterocycles. The van der Waals surface area contributed by atoms with Gasteiger partial charge in [0.15, 0.2) is 0 Å².